The van der Waals surface area contributed by atoms with Gasteiger partial charge in [0.15, 0.2) is 5.78 Å². The van der Waals surface area contributed by atoms with Gasteiger partial charge in [-0.15, -0.1) is 0 Å². The van der Waals surface area contributed by atoms with Gasteiger partial charge in [0.05, 0.1) is 6.07 Å². The van der Waals surface area contributed by atoms with Gasteiger partial charge in [-0.1, -0.05) is 18.2 Å². The van der Waals surface area contributed by atoms with Gasteiger partial charge < -0.3 is 0 Å². The van der Waals surface area contributed by atoms with E-state index < -0.39 is 5.41 Å². The van der Waals surface area contributed by atoms with Crippen LogP contribution in [-0.4, -0.2) is 5.78 Å². The SMILES string of the molecule is CC(C)(C#N)C(=O)CCc1ccccc1F. The quantitative estimate of drug-likeness (QED) is 0.781. The number of aryl methyl sites for hydroxylation is 1. The van der Waals surface area contributed by atoms with E-state index in [1.165, 1.54) is 6.07 Å². The molecule has 0 aromatic heterocycles. The van der Waals surface area contributed by atoms with Gasteiger partial charge in [-0.3, -0.25) is 4.79 Å². The van der Waals surface area contributed by atoms with E-state index in [0.29, 0.717) is 12.0 Å². The first-order valence-corrected chi connectivity index (χ1v) is 5.15. The molecule has 0 amide bonds. The van der Waals surface area contributed by atoms with Crippen LogP contribution in [0.4, 0.5) is 4.39 Å². The maximum absolute atomic E-state index is 13.2. The molecule has 0 radical (unpaired) electrons. The second kappa shape index (κ2) is 4.89. The number of carbonyl (C=O) groups excluding carboxylic acids is 1. The van der Waals surface area contributed by atoms with E-state index in [9.17, 15) is 9.18 Å². The fourth-order valence-corrected chi connectivity index (χ4v) is 1.32. The first kappa shape index (κ1) is 12.4. The Bertz CT molecular complexity index is 432. The smallest absolute Gasteiger partial charge is 0.152 e. The minimum Gasteiger partial charge on any atom is -0.298 e. The number of hydrogen-bond donors (Lipinski definition) is 0. The maximum Gasteiger partial charge on any atom is 0.152 e. The molecule has 0 saturated heterocycles. The molecule has 0 aliphatic carbocycles. The highest BCUT2D eigenvalue weighted by molar-refractivity contribution is 5.86. The lowest BCUT2D eigenvalue weighted by Gasteiger charge is -2.13. The van der Waals surface area contributed by atoms with Crippen molar-refractivity contribution in [3.8, 4) is 6.07 Å². The predicted octanol–water partition coefficient (Wildman–Crippen LogP) is 2.88. The zero-order valence-electron chi connectivity index (χ0n) is 9.46. The van der Waals surface area contributed by atoms with E-state index in [-0.39, 0.29) is 18.0 Å². The Balaban J connectivity index is 2.64. The van der Waals surface area contributed by atoms with E-state index in [2.05, 4.69) is 0 Å². The lowest BCUT2D eigenvalue weighted by Crippen LogP contribution is -2.22. The average molecular weight is 219 g/mol. The summed E-state index contributed by atoms with van der Waals surface area (Å²) in [4.78, 5) is 11.6. The molecule has 84 valence electrons. The predicted molar refractivity (Wildman–Crippen MR) is 59.1 cm³/mol. The van der Waals surface area contributed by atoms with Gasteiger partial charge in [-0.25, -0.2) is 4.39 Å². The Morgan fingerprint density at radius 2 is 2.06 bits per heavy atom. The Morgan fingerprint density at radius 3 is 2.62 bits per heavy atom. The minimum absolute atomic E-state index is 0.154. The van der Waals surface area contributed by atoms with Crippen molar-refractivity contribution in [3.63, 3.8) is 0 Å². The Morgan fingerprint density at radius 1 is 1.44 bits per heavy atom. The third-order valence-electron chi connectivity index (χ3n) is 2.56. The lowest BCUT2D eigenvalue weighted by atomic mass is 9.87. The molecule has 0 bridgehead atoms. The van der Waals surface area contributed by atoms with Crippen LogP contribution < -0.4 is 0 Å². The molecule has 1 aromatic carbocycles. The first-order chi connectivity index (χ1) is 7.47. The largest absolute Gasteiger partial charge is 0.298 e. The fourth-order valence-electron chi connectivity index (χ4n) is 1.32. The molecular weight excluding hydrogens is 205 g/mol. The van der Waals surface area contributed by atoms with Crippen LogP contribution >= 0.6 is 0 Å². The lowest BCUT2D eigenvalue weighted by molar-refractivity contribution is -0.124. The summed E-state index contributed by atoms with van der Waals surface area (Å²) in [5.41, 5.74) is -0.463. The molecule has 3 heteroatoms. The van der Waals surface area contributed by atoms with E-state index >= 15 is 0 Å². The minimum atomic E-state index is -0.981. The number of nitrogens with zero attached hydrogens (tertiary/aromatic N) is 1. The van der Waals surface area contributed by atoms with Gasteiger partial charge in [-0.05, 0) is 31.9 Å². The van der Waals surface area contributed by atoms with Crippen LogP contribution in [0, 0.1) is 22.6 Å². The van der Waals surface area contributed by atoms with Crippen molar-refractivity contribution in [3.05, 3.63) is 35.6 Å². The number of ketones is 1. The van der Waals surface area contributed by atoms with Crippen LogP contribution in [0.25, 0.3) is 0 Å². The highest BCUT2D eigenvalue weighted by atomic mass is 19.1. The number of halogens is 1. The van der Waals surface area contributed by atoms with Gasteiger partial charge in [0.2, 0.25) is 0 Å². The van der Waals surface area contributed by atoms with Crippen molar-refractivity contribution in [1.82, 2.24) is 0 Å². The van der Waals surface area contributed by atoms with Crippen LogP contribution in [-0.2, 0) is 11.2 Å². The number of Topliss-reactive ketones (excluding diaryl/α,β-unsaturated/α-hetero) is 1. The molecule has 2 nitrogen and oxygen atoms in total. The molecule has 1 aromatic rings. The normalized spacial score (nSPS) is 10.9. The van der Waals surface area contributed by atoms with Gasteiger partial charge in [0, 0.05) is 6.42 Å². The zero-order valence-corrected chi connectivity index (χ0v) is 9.46. The van der Waals surface area contributed by atoms with E-state index in [0.717, 1.165) is 0 Å². The summed E-state index contributed by atoms with van der Waals surface area (Å²) in [5, 5.41) is 8.77. The molecule has 0 spiro atoms. The highest BCUT2D eigenvalue weighted by Crippen LogP contribution is 2.19. The highest BCUT2D eigenvalue weighted by Gasteiger charge is 2.26. The summed E-state index contributed by atoms with van der Waals surface area (Å²) in [6.45, 7) is 3.16. The summed E-state index contributed by atoms with van der Waals surface area (Å²) in [7, 11) is 0. The summed E-state index contributed by atoms with van der Waals surface area (Å²) in [5.74, 6) is -0.455. The summed E-state index contributed by atoms with van der Waals surface area (Å²) in [6, 6.07) is 8.32. The zero-order chi connectivity index (χ0) is 12.2. The molecule has 0 N–H and O–H groups in total. The number of rotatable bonds is 4. The van der Waals surface area contributed by atoms with Crippen molar-refractivity contribution in [1.29, 1.82) is 5.26 Å². The molecule has 0 unspecified atom stereocenters. The van der Waals surface area contributed by atoms with Gasteiger partial charge in [0.1, 0.15) is 11.2 Å². The summed E-state index contributed by atoms with van der Waals surface area (Å²) < 4.78 is 13.2. The molecular formula is C13H14FNO. The van der Waals surface area contributed by atoms with Crippen molar-refractivity contribution >= 4 is 5.78 Å². The van der Waals surface area contributed by atoms with Crippen molar-refractivity contribution in [2.45, 2.75) is 26.7 Å². The molecule has 1 rings (SSSR count). The second-order valence-electron chi connectivity index (χ2n) is 4.25. The van der Waals surface area contributed by atoms with Gasteiger partial charge >= 0.3 is 0 Å². The van der Waals surface area contributed by atoms with Crippen LogP contribution in [0.2, 0.25) is 0 Å². The van der Waals surface area contributed by atoms with E-state index in [1.807, 2.05) is 6.07 Å². The van der Waals surface area contributed by atoms with Gasteiger partial charge in [0.25, 0.3) is 0 Å². The van der Waals surface area contributed by atoms with E-state index in [4.69, 9.17) is 5.26 Å². The van der Waals surface area contributed by atoms with E-state index in [1.54, 1.807) is 32.0 Å². The molecule has 0 aliphatic rings. The van der Waals surface area contributed by atoms with Crippen molar-refractivity contribution in [2.24, 2.45) is 5.41 Å². The Hall–Kier alpha value is -1.69. The number of carbonyl (C=O) groups is 1. The molecule has 0 heterocycles. The number of benzene rings is 1. The monoisotopic (exact) mass is 219 g/mol. The molecule has 0 saturated carbocycles. The third kappa shape index (κ3) is 2.90. The molecule has 0 atom stereocenters. The topological polar surface area (TPSA) is 40.9 Å². The molecule has 0 aliphatic heterocycles. The van der Waals surface area contributed by atoms with Crippen LogP contribution in [0.5, 0.6) is 0 Å². The molecule has 0 fully saturated rings. The van der Waals surface area contributed by atoms with Crippen molar-refractivity contribution in [2.75, 3.05) is 0 Å². The van der Waals surface area contributed by atoms with Crippen LogP contribution in [0.15, 0.2) is 24.3 Å². The third-order valence-corrected chi connectivity index (χ3v) is 2.56. The summed E-state index contributed by atoms with van der Waals surface area (Å²) in [6.07, 6.45) is 0.540. The summed E-state index contributed by atoms with van der Waals surface area (Å²) >= 11 is 0. The standard InChI is InChI=1S/C13H14FNO/c1-13(2,9-15)12(16)8-7-10-5-3-4-6-11(10)14/h3-6H,7-8H2,1-2H3. The molecule has 16 heavy (non-hydrogen) atoms. The average Bonchev–Trinajstić information content (AvgIpc) is 2.27. The van der Waals surface area contributed by atoms with Crippen molar-refractivity contribution < 1.29 is 9.18 Å². The van der Waals surface area contributed by atoms with Crippen LogP contribution in [0.1, 0.15) is 25.8 Å². The maximum atomic E-state index is 13.2. The second-order valence-corrected chi connectivity index (χ2v) is 4.25. The fraction of sp³-hybridized carbons (Fsp3) is 0.385. The first-order valence-electron chi connectivity index (χ1n) is 5.15. The number of nitriles is 1. The van der Waals surface area contributed by atoms with Gasteiger partial charge in [-0.2, -0.15) is 5.26 Å². The number of hydrogen-bond acceptors (Lipinski definition) is 2. The Labute approximate surface area is 94.7 Å². The van der Waals surface area contributed by atoms with Crippen LogP contribution in [0.3, 0.4) is 0 Å². The Kier molecular flexibility index (Phi) is 3.78.